The summed E-state index contributed by atoms with van der Waals surface area (Å²) in [4.78, 5) is 15.6. The average Bonchev–Trinajstić information content (AvgIpc) is 3.00. The number of nitrogens with one attached hydrogen (secondary N) is 2. The molecule has 128 valence electrons. The number of nitrogens with zero attached hydrogens (tertiary/aromatic N) is 2. The van der Waals surface area contributed by atoms with Crippen LogP contribution >= 0.6 is 23.1 Å². The molecule has 0 spiro atoms. The molecular weight excluding hydrogens is 364 g/mol. The van der Waals surface area contributed by atoms with Crippen LogP contribution in [0.4, 0.5) is 5.13 Å². The van der Waals surface area contributed by atoms with E-state index in [1.807, 2.05) is 0 Å². The number of aromatic nitrogens is 1. The highest BCUT2D eigenvalue weighted by atomic mass is 32.2. The zero-order chi connectivity index (χ0) is 17.2. The molecule has 1 aliphatic heterocycles. The van der Waals surface area contributed by atoms with Gasteiger partial charge in [-0.15, -0.1) is 23.1 Å². The fourth-order valence-corrected chi connectivity index (χ4v) is 5.29. The van der Waals surface area contributed by atoms with Crippen molar-refractivity contribution in [2.24, 2.45) is 10.9 Å². The summed E-state index contributed by atoms with van der Waals surface area (Å²) in [6.07, 6.45) is 0.404. The Balaban J connectivity index is 2.01. The van der Waals surface area contributed by atoms with Crippen LogP contribution < -0.4 is 16.2 Å². The van der Waals surface area contributed by atoms with Gasteiger partial charge in [-0.1, -0.05) is 0 Å². The number of guanidine groups is 1. The van der Waals surface area contributed by atoms with Crippen LogP contribution in [-0.2, 0) is 20.8 Å². The standard InChI is InChI=1S/C10H16N6O4S3/c11-9(12)15-10-14-5(4-22-10)3-21-6-1-2-16(23(13,19)20)7(6)8(17)18/h4,6-7H,1-3H2,(H,17,18)(H2,13,19,20)(H4,11,12,14,15)/t6?,7-/m0/s1. The Morgan fingerprint density at radius 2 is 2.35 bits per heavy atom. The predicted octanol–water partition coefficient (Wildman–Crippen LogP) is -0.587. The Hall–Kier alpha value is -1.41. The molecule has 1 aromatic rings. The lowest BCUT2D eigenvalue weighted by Crippen LogP contribution is -2.47. The summed E-state index contributed by atoms with van der Waals surface area (Å²) < 4.78 is 23.7. The molecule has 1 aromatic heterocycles. The van der Waals surface area contributed by atoms with Gasteiger partial charge in [0.1, 0.15) is 6.04 Å². The molecule has 1 aliphatic rings. The second-order valence-corrected chi connectivity index (χ2v) is 8.34. The molecule has 23 heavy (non-hydrogen) atoms. The predicted molar refractivity (Wildman–Crippen MR) is 88.6 cm³/mol. The minimum atomic E-state index is -4.04. The van der Waals surface area contributed by atoms with Crippen LogP contribution in [0.1, 0.15) is 12.1 Å². The Bertz CT molecular complexity index is 705. The number of anilines is 1. The number of hydrogen-bond donors (Lipinski definition) is 5. The molecule has 0 aliphatic carbocycles. The minimum absolute atomic E-state index is 0.0850. The van der Waals surface area contributed by atoms with Gasteiger partial charge in [-0.25, -0.2) is 10.1 Å². The quantitative estimate of drug-likeness (QED) is 0.321. The van der Waals surface area contributed by atoms with Crippen molar-refractivity contribution < 1.29 is 18.3 Å². The van der Waals surface area contributed by atoms with Crippen LogP contribution in [0.25, 0.3) is 0 Å². The topological polar surface area (TPSA) is 175 Å². The summed E-state index contributed by atoms with van der Waals surface area (Å²) in [7, 11) is -4.04. The number of rotatable bonds is 6. The highest BCUT2D eigenvalue weighted by molar-refractivity contribution is 7.99. The van der Waals surface area contributed by atoms with E-state index in [1.165, 1.54) is 23.1 Å². The van der Waals surface area contributed by atoms with Crippen molar-refractivity contribution in [1.29, 1.82) is 5.41 Å². The van der Waals surface area contributed by atoms with Gasteiger partial charge in [0, 0.05) is 22.9 Å². The highest BCUT2D eigenvalue weighted by Gasteiger charge is 2.44. The van der Waals surface area contributed by atoms with E-state index in [1.54, 1.807) is 5.38 Å². The van der Waals surface area contributed by atoms with E-state index >= 15 is 0 Å². The van der Waals surface area contributed by atoms with Gasteiger partial charge in [0.2, 0.25) is 0 Å². The molecule has 2 heterocycles. The molecule has 0 saturated carbocycles. The summed E-state index contributed by atoms with van der Waals surface area (Å²) in [5.74, 6) is -1.02. The number of nitrogens with two attached hydrogens (primary N) is 2. The maximum atomic E-state index is 11.5. The number of carboxylic acids is 1. The van der Waals surface area contributed by atoms with E-state index in [0.717, 1.165) is 4.31 Å². The van der Waals surface area contributed by atoms with Gasteiger partial charge in [0.15, 0.2) is 11.1 Å². The molecule has 1 fully saturated rings. The van der Waals surface area contributed by atoms with Crippen molar-refractivity contribution in [2.45, 2.75) is 23.5 Å². The van der Waals surface area contributed by atoms with Crippen molar-refractivity contribution in [3.05, 3.63) is 11.1 Å². The first-order valence-corrected chi connectivity index (χ1v) is 9.81. The van der Waals surface area contributed by atoms with Gasteiger partial charge in [-0.05, 0) is 6.42 Å². The molecule has 0 radical (unpaired) electrons. The molecule has 10 nitrogen and oxygen atoms in total. The summed E-state index contributed by atoms with van der Waals surface area (Å²) in [6, 6.07) is -1.18. The van der Waals surface area contributed by atoms with E-state index in [0.29, 0.717) is 23.0 Å². The zero-order valence-corrected chi connectivity index (χ0v) is 14.2. The van der Waals surface area contributed by atoms with Gasteiger partial charge in [0.05, 0.1) is 5.69 Å². The first-order chi connectivity index (χ1) is 10.7. The number of hydrogen-bond acceptors (Lipinski definition) is 7. The van der Waals surface area contributed by atoms with Gasteiger partial charge in [0.25, 0.3) is 10.2 Å². The minimum Gasteiger partial charge on any atom is -0.480 e. The molecular formula is C10H16N6O4S3. The van der Waals surface area contributed by atoms with Crippen LogP contribution in [0.15, 0.2) is 5.38 Å². The maximum Gasteiger partial charge on any atom is 0.323 e. The number of thiazole rings is 1. The number of thioether (sulfide) groups is 1. The fourth-order valence-electron chi connectivity index (χ4n) is 2.22. The molecule has 2 rings (SSSR count). The van der Waals surface area contributed by atoms with Crippen molar-refractivity contribution in [3.63, 3.8) is 0 Å². The van der Waals surface area contributed by atoms with E-state index in [-0.39, 0.29) is 12.5 Å². The molecule has 1 unspecified atom stereocenters. The third-order valence-corrected chi connectivity index (χ3v) is 6.37. The maximum absolute atomic E-state index is 11.5. The summed E-state index contributed by atoms with van der Waals surface area (Å²) in [6.45, 7) is 0.0850. The fraction of sp³-hybridized carbons (Fsp3) is 0.500. The van der Waals surface area contributed by atoms with Crippen LogP contribution in [0.3, 0.4) is 0 Å². The van der Waals surface area contributed by atoms with Crippen molar-refractivity contribution >= 4 is 50.4 Å². The van der Waals surface area contributed by atoms with Gasteiger partial charge in [-0.3, -0.25) is 10.2 Å². The van der Waals surface area contributed by atoms with Crippen molar-refractivity contribution in [3.8, 4) is 0 Å². The SMILES string of the molecule is N=C(N)Nc1nc(CSC2CCN(S(N)(=O)=O)[C@@H]2C(=O)O)cs1. The first kappa shape index (κ1) is 17.9. The molecule has 0 aromatic carbocycles. The molecule has 7 N–H and O–H groups in total. The number of carbonyl (C=O) groups is 1. The second-order valence-electron chi connectivity index (χ2n) is 4.76. The molecule has 2 atom stereocenters. The summed E-state index contributed by atoms with van der Waals surface area (Å²) in [5, 5.41) is 25.9. The zero-order valence-electron chi connectivity index (χ0n) is 11.8. The van der Waals surface area contributed by atoms with Crippen LogP contribution in [0.2, 0.25) is 0 Å². The van der Waals surface area contributed by atoms with Crippen LogP contribution in [-0.4, -0.2) is 52.6 Å². The highest BCUT2D eigenvalue weighted by Crippen LogP contribution is 2.33. The van der Waals surface area contributed by atoms with Crippen molar-refractivity contribution in [2.75, 3.05) is 11.9 Å². The normalized spacial score (nSPS) is 22.1. The monoisotopic (exact) mass is 380 g/mol. The third-order valence-electron chi connectivity index (χ3n) is 3.11. The molecule has 13 heteroatoms. The van der Waals surface area contributed by atoms with Crippen LogP contribution in [0.5, 0.6) is 0 Å². The lowest BCUT2D eigenvalue weighted by Gasteiger charge is -2.21. The lowest BCUT2D eigenvalue weighted by molar-refractivity contribution is -0.140. The summed E-state index contributed by atoms with van der Waals surface area (Å²) in [5.41, 5.74) is 5.91. The number of aliphatic carboxylic acids is 1. The van der Waals surface area contributed by atoms with Gasteiger partial charge < -0.3 is 16.2 Å². The molecule has 1 saturated heterocycles. The Labute approximate surface area is 140 Å². The van der Waals surface area contributed by atoms with Gasteiger partial charge >= 0.3 is 5.97 Å². The smallest absolute Gasteiger partial charge is 0.323 e. The first-order valence-electron chi connectivity index (χ1n) is 6.38. The average molecular weight is 380 g/mol. The second kappa shape index (κ2) is 7.00. The molecule has 0 bridgehead atoms. The lowest BCUT2D eigenvalue weighted by atomic mass is 10.2. The Morgan fingerprint density at radius 3 is 2.91 bits per heavy atom. The Kier molecular flexibility index (Phi) is 5.46. The van der Waals surface area contributed by atoms with Crippen molar-refractivity contribution in [1.82, 2.24) is 9.29 Å². The summed E-state index contributed by atoms with van der Waals surface area (Å²) >= 11 is 2.59. The van der Waals surface area contributed by atoms with E-state index in [9.17, 15) is 18.3 Å². The van der Waals surface area contributed by atoms with E-state index in [2.05, 4.69) is 10.3 Å². The van der Waals surface area contributed by atoms with Crippen LogP contribution in [0, 0.1) is 5.41 Å². The third kappa shape index (κ3) is 4.54. The van der Waals surface area contributed by atoms with E-state index < -0.39 is 27.5 Å². The van der Waals surface area contributed by atoms with Gasteiger partial charge in [-0.2, -0.15) is 12.7 Å². The Morgan fingerprint density at radius 1 is 1.65 bits per heavy atom. The largest absolute Gasteiger partial charge is 0.480 e. The van der Waals surface area contributed by atoms with E-state index in [4.69, 9.17) is 16.3 Å². The molecule has 0 amide bonds. The number of carboxylic acid groups (broad SMARTS) is 1.